The van der Waals surface area contributed by atoms with Gasteiger partial charge < -0.3 is 18.9 Å². The molecule has 0 aliphatic carbocycles. The fourth-order valence-corrected chi connectivity index (χ4v) is 11.0. The Morgan fingerprint density at radius 1 is 0.397 bits per heavy atom. The standard InChI is InChI=1S/C68H132NO8P/c1-6-8-10-12-14-16-18-20-22-24-26-28-29-30-31-32-33-34-35-36-37-38-39-41-42-44-46-48-50-52-54-56-58-60-67(70)74-64-66(65-76-78(72,73)75-63-62-69(3,4)5)77-68(71)61-59-57-55-53-51-49-47-45-43-40-27-25-23-21-19-17-15-13-11-9-7-2/h19,21,25,27,66H,6-18,20,22-24,26,28-65H2,1-5H3/p+1/b21-19-,27-25-. The molecule has 0 saturated carbocycles. The molecule has 0 aromatic heterocycles. The molecule has 0 aromatic carbocycles. The van der Waals surface area contributed by atoms with E-state index in [1.165, 1.54) is 270 Å². The molecule has 1 N–H and O–H groups in total. The fourth-order valence-electron chi connectivity index (χ4n) is 10.2. The third-order valence-electron chi connectivity index (χ3n) is 15.5. The van der Waals surface area contributed by atoms with Gasteiger partial charge in [0.25, 0.3) is 0 Å². The fraction of sp³-hybridized carbons (Fsp3) is 0.912. The summed E-state index contributed by atoms with van der Waals surface area (Å²) in [6.07, 6.45) is 74.3. The number of quaternary nitrogens is 1. The number of carbonyl (C=O) groups excluding carboxylic acids is 2. The van der Waals surface area contributed by atoms with Gasteiger partial charge in [0.2, 0.25) is 0 Å². The van der Waals surface area contributed by atoms with E-state index < -0.39 is 26.5 Å². The largest absolute Gasteiger partial charge is 0.472 e. The lowest BCUT2D eigenvalue weighted by Crippen LogP contribution is -2.37. The summed E-state index contributed by atoms with van der Waals surface area (Å²) in [5.74, 6) is -0.783. The Morgan fingerprint density at radius 3 is 1.01 bits per heavy atom. The quantitative estimate of drug-likeness (QED) is 0.0211. The van der Waals surface area contributed by atoms with Crippen molar-refractivity contribution in [2.24, 2.45) is 0 Å². The smallest absolute Gasteiger partial charge is 0.462 e. The molecule has 0 saturated heterocycles. The van der Waals surface area contributed by atoms with E-state index in [1.807, 2.05) is 21.1 Å². The van der Waals surface area contributed by atoms with Crippen molar-refractivity contribution < 1.29 is 42.1 Å². The van der Waals surface area contributed by atoms with Gasteiger partial charge in [-0.05, 0) is 44.9 Å². The summed E-state index contributed by atoms with van der Waals surface area (Å²) in [6, 6.07) is 0. The van der Waals surface area contributed by atoms with Crippen LogP contribution in [0.15, 0.2) is 24.3 Å². The third-order valence-corrected chi connectivity index (χ3v) is 16.5. The molecule has 0 fully saturated rings. The lowest BCUT2D eigenvalue weighted by molar-refractivity contribution is -0.870. The Hall–Kier alpha value is -1.51. The number of allylic oxidation sites excluding steroid dienone is 4. The molecule has 0 aromatic rings. The van der Waals surface area contributed by atoms with Gasteiger partial charge in [0.1, 0.15) is 19.8 Å². The Labute approximate surface area is 485 Å². The maximum Gasteiger partial charge on any atom is 0.472 e. The van der Waals surface area contributed by atoms with E-state index in [-0.39, 0.29) is 25.6 Å². The number of esters is 2. The van der Waals surface area contributed by atoms with Crippen LogP contribution in [-0.2, 0) is 32.7 Å². The molecule has 78 heavy (non-hydrogen) atoms. The molecule has 0 bridgehead atoms. The topological polar surface area (TPSA) is 108 Å². The van der Waals surface area contributed by atoms with Crippen LogP contribution in [0.1, 0.15) is 348 Å². The molecule has 0 amide bonds. The normalized spacial score (nSPS) is 13.3. The minimum Gasteiger partial charge on any atom is -0.462 e. The second-order valence-electron chi connectivity index (χ2n) is 24.6. The average Bonchev–Trinajstić information content (AvgIpc) is 3.41. The van der Waals surface area contributed by atoms with Gasteiger partial charge in [-0.25, -0.2) is 4.57 Å². The minimum absolute atomic E-state index is 0.0334. The van der Waals surface area contributed by atoms with E-state index in [2.05, 4.69) is 38.2 Å². The van der Waals surface area contributed by atoms with Crippen LogP contribution in [0.5, 0.6) is 0 Å². The summed E-state index contributed by atoms with van der Waals surface area (Å²) >= 11 is 0. The van der Waals surface area contributed by atoms with Crippen LogP contribution in [0.4, 0.5) is 0 Å². The number of nitrogens with zero attached hydrogens (tertiary/aromatic N) is 1. The van der Waals surface area contributed by atoms with Crippen LogP contribution in [0.25, 0.3) is 0 Å². The van der Waals surface area contributed by atoms with Gasteiger partial charge in [-0.2, -0.15) is 0 Å². The Balaban J connectivity index is 3.97. The van der Waals surface area contributed by atoms with Gasteiger partial charge in [0, 0.05) is 12.8 Å². The van der Waals surface area contributed by atoms with Crippen molar-refractivity contribution >= 4 is 19.8 Å². The van der Waals surface area contributed by atoms with Gasteiger partial charge in [-0.3, -0.25) is 18.6 Å². The zero-order valence-electron chi connectivity index (χ0n) is 52.7. The number of hydrogen-bond acceptors (Lipinski definition) is 7. The molecule has 0 rings (SSSR count). The molecule has 0 heterocycles. The number of phosphoric ester groups is 1. The number of carbonyl (C=O) groups is 2. The van der Waals surface area contributed by atoms with Gasteiger partial charge in [0.15, 0.2) is 6.10 Å². The van der Waals surface area contributed by atoms with E-state index in [0.717, 1.165) is 44.9 Å². The third kappa shape index (κ3) is 63.7. The van der Waals surface area contributed by atoms with Crippen LogP contribution < -0.4 is 0 Å². The summed E-state index contributed by atoms with van der Waals surface area (Å²) in [4.78, 5) is 35.8. The molecular weight excluding hydrogens is 990 g/mol. The predicted octanol–water partition coefficient (Wildman–Crippen LogP) is 21.7. The predicted molar refractivity (Wildman–Crippen MR) is 335 cm³/mol. The van der Waals surface area contributed by atoms with E-state index in [0.29, 0.717) is 23.9 Å². The highest BCUT2D eigenvalue weighted by molar-refractivity contribution is 7.47. The zero-order chi connectivity index (χ0) is 57.0. The molecule has 0 aliphatic rings. The van der Waals surface area contributed by atoms with Crippen molar-refractivity contribution in [2.45, 2.75) is 354 Å². The highest BCUT2D eigenvalue weighted by atomic mass is 31.2. The van der Waals surface area contributed by atoms with Crippen LogP contribution in [0.2, 0.25) is 0 Å². The van der Waals surface area contributed by atoms with Crippen molar-refractivity contribution in [3.05, 3.63) is 24.3 Å². The monoisotopic (exact) mass is 1120 g/mol. The van der Waals surface area contributed by atoms with Crippen molar-refractivity contribution in [1.82, 2.24) is 0 Å². The van der Waals surface area contributed by atoms with Crippen LogP contribution in [0, 0.1) is 0 Å². The van der Waals surface area contributed by atoms with Crippen LogP contribution in [-0.4, -0.2) is 74.9 Å². The number of hydrogen-bond donors (Lipinski definition) is 1. The number of phosphoric acid groups is 1. The number of likely N-dealkylation sites (N-methyl/N-ethyl adjacent to an activating group) is 1. The molecule has 0 spiro atoms. The SMILES string of the molecule is CCCCCCC/C=C\C/C=C\CCCCCCCCCCCC(=O)OC(COC(=O)CCCCCCCCCCCCCCCCCCCCCCCCCCCCCCCCCCC)COP(=O)(O)OCC[N+](C)(C)C. The molecule has 0 radical (unpaired) electrons. The van der Waals surface area contributed by atoms with Gasteiger partial charge in [-0.1, -0.05) is 314 Å². The molecule has 10 heteroatoms. The second-order valence-corrected chi connectivity index (χ2v) is 26.0. The lowest BCUT2D eigenvalue weighted by atomic mass is 10.0. The summed E-state index contributed by atoms with van der Waals surface area (Å²) in [5, 5.41) is 0. The minimum atomic E-state index is -4.39. The highest BCUT2D eigenvalue weighted by Crippen LogP contribution is 2.43. The molecule has 9 nitrogen and oxygen atoms in total. The number of ether oxygens (including phenoxy) is 2. The first kappa shape index (κ1) is 76.5. The lowest BCUT2D eigenvalue weighted by Gasteiger charge is -2.24. The Kier molecular flexibility index (Phi) is 58.9. The first-order valence-corrected chi connectivity index (χ1v) is 35.6. The first-order valence-electron chi connectivity index (χ1n) is 34.1. The second kappa shape index (κ2) is 60.1. The number of unbranched alkanes of at least 4 members (excludes halogenated alkanes) is 46. The number of rotatable bonds is 64. The summed E-state index contributed by atoms with van der Waals surface area (Å²) in [6.45, 7) is 4.48. The van der Waals surface area contributed by atoms with Crippen molar-refractivity contribution in [2.75, 3.05) is 47.5 Å². The molecule has 2 atom stereocenters. The first-order chi connectivity index (χ1) is 38.0. The molecule has 2 unspecified atom stereocenters. The van der Waals surface area contributed by atoms with Crippen LogP contribution in [0.3, 0.4) is 0 Å². The Bertz CT molecular complexity index is 1370. The summed E-state index contributed by atoms with van der Waals surface area (Å²) in [5.41, 5.74) is 0. The summed E-state index contributed by atoms with van der Waals surface area (Å²) < 4.78 is 34.7. The Morgan fingerprint density at radius 2 is 0.692 bits per heavy atom. The maximum absolute atomic E-state index is 12.8. The highest BCUT2D eigenvalue weighted by Gasteiger charge is 2.27. The van der Waals surface area contributed by atoms with Gasteiger partial charge >= 0.3 is 19.8 Å². The van der Waals surface area contributed by atoms with E-state index in [1.54, 1.807) is 0 Å². The molecular formula is C68H133NO8P+. The zero-order valence-corrected chi connectivity index (χ0v) is 53.6. The van der Waals surface area contributed by atoms with Crippen LogP contribution >= 0.6 is 7.82 Å². The molecule has 0 aliphatic heterocycles. The van der Waals surface area contributed by atoms with Crippen molar-refractivity contribution in [3.8, 4) is 0 Å². The van der Waals surface area contributed by atoms with Crippen molar-refractivity contribution in [1.29, 1.82) is 0 Å². The van der Waals surface area contributed by atoms with Gasteiger partial charge in [-0.15, -0.1) is 0 Å². The van der Waals surface area contributed by atoms with E-state index in [4.69, 9.17) is 18.5 Å². The van der Waals surface area contributed by atoms with Crippen molar-refractivity contribution in [3.63, 3.8) is 0 Å². The molecule has 462 valence electrons. The summed E-state index contributed by atoms with van der Waals surface area (Å²) in [7, 11) is 1.49. The average molecular weight is 1120 g/mol. The van der Waals surface area contributed by atoms with Gasteiger partial charge in [0.05, 0.1) is 27.7 Å². The van der Waals surface area contributed by atoms with E-state index >= 15 is 0 Å². The maximum atomic E-state index is 12.8. The van der Waals surface area contributed by atoms with E-state index in [9.17, 15) is 19.0 Å².